The number of rotatable bonds is 5. The lowest BCUT2D eigenvalue weighted by Crippen LogP contribution is -2.41. The average molecular weight is 304 g/mol. The second kappa shape index (κ2) is 6.40. The molecular formula is C16H25BN2O3. The summed E-state index contributed by atoms with van der Waals surface area (Å²) in [6, 6.07) is 3.81. The smallest absolute Gasteiger partial charge is 0.481 e. The fourth-order valence-corrected chi connectivity index (χ4v) is 2.21. The maximum absolute atomic E-state index is 6.12. The number of methoxy groups -OCH3 is 1. The second-order valence-electron chi connectivity index (χ2n) is 6.47. The van der Waals surface area contributed by atoms with Gasteiger partial charge in [0.25, 0.3) is 0 Å². The van der Waals surface area contributed by atoms with Crippen LogP contribution in [-0.4, -0.2) is 44.0 Å². The molecule has 1 N–H and O–H groups in total. The standard InChI is InChI=1S/C16H25BN2O3/c1-15(2)16(3,4)22-17(21-15)13(11-18-5)9-12-7-8-14(20-6)19-10-12/h7-10,18H,11H2,1-6H3. The van der Waals surface area contributed by atoms with Crippen LogP contribution in [0.3, 0.4) is 0 Å². The molecule has 0 aromatic carbocycles. The number of likely N-dealkylation sites (N-methyl/N-ethyl adjacent to an activating group) is 1. The summed E-state index contributed by atoms with van der Waals surface area (Å²) in [5, 5.41) is 3.17. The summed E-state index contributed by atoms with van der Waals surface area (Å²) in [5.41, 5.74) is 1.33. The summed E-state index contributed by atoms with van der Waals surface area (Å²) in [6.07, 6.45) is 3.82. The molecule has 120 valence electrons. The highest BCUT2D eigenvalue weighted by atomic mass is 16.7. The minimum Gasteiger partial charge on any atom is -0.481 e. The molecule has 1 aromatic heterocycles. The van der Waals surface area contributed by atoms with Crippen molar-refractivity contribution in [3.8, 4) is 5.88 Å². The van der Waals surface area contributed by atoms with Crippen LogP contribution >= 0.6 is 0 Å². The topological polar surface area (TPSA) is 52.6 Å². The van der Waals surface area contributed by atoms with E-state index >= 15 is 0 Å². The van der Waals surface area contributed by atoms with Crippen LogP contribution < -0.4 is 10.1 Å². The highest BCUT2D eigenvalue weighted by Crippen LogP contribution is 2.38. The molecule has 1 fully saturated rings. The molecule has 0 spiro atoms. The Morgan fingerprint density at radius 3 is 2.36 bits per heavy atom. The predicted molar refractivity (Wildman–Crippen MR) is 88.8 cm³/mol. The number of ether oxygens (including phenoxy) is 1. The highest BCUT2D eigenvalue weighted by molar-refractivity contribution is 6.55. The van der Waals surface area contributed by atoms with Crippen LogP contribution in [0.4, 0.5) is 0 Å². The number of aromatic nitrogens is 1. The Balaban J connectivity index is 2.24. The van der Waals surface area contributed by atoms with Gasteiger partial charge in [0.2, 0.25) is 5.88 Å². The van der Waals surface area contributed by atoms with E-state index in [2.05, 4.69) is 38.0 Å². The van der Waals surface area contributed by atoms with Crippen LogP contribution in [0.25, 0.3) is 6.08 Å². The first kappa shape index (κ1) is 17.0. The number of pyridine rings is 1. The maximum atomic E-state index is 6.12. The van der Waals surface area contributed by atoms with Gasteiger partial charge >= 0.3 is 7.12 Å². The van der Waals surface area contributed by atoms with Gasteiger partial charge in [-0.1, -0.05) is 6.08 Å². The van der Waals surface area contributed by atoms with Gasteiger partial charge in [0, 0.05) is 18.8 Å². The van der Waals surface area contributed by atoms with Crippen LogP contribution in [0.2, 0.25) is 0 Å². The third-order valence-corrected chi connectivity index (χ3v) is 4.26. The molecule has 1 saturated heterocycles. The van der Waals surface area contributed by atoms with Crippen molar-refractivity contribution in [1.29, 1.82) is 0 Å². The van der Waals surface area contributed by atoms with Crippen molar-refractivity contribution >= 4 is 13.2 Å². The van der Waals surface area contributed by atoms with Gasteiger partial charge in [-0.25, -0.2) is 4.98 Å². The van der Waals surface area contributed by atoms with Gasteiger partial charge in [-0.3, -0.25) is 0 Å². The molecule has 0 radical (unpaired) electrons. The van der Waals surface area contributed by atoms with Crippen LogP contribution in [-0.2, 0) is 9.31 Å². The van der Waals surface area contributed by atoms with E-state index in [1.807, 2.05) is 25.3 Å². The van der Waals surface area contributed by atoms with E-state index in [1.54, 1.807) is 13.3 Å². The Labute approximate surface area is 133 Å². The second-order valence-corrected chi connectivity index (χ2v) is 6.47. The van der Waals surface area contributed by atoms with Crippen LogP contribution in [0.15, 0.2) is 23.8 Å². The third-order valence-electron chi connectivity index (χ3n) is 4.26. The van der Waals surface area contributed by atoms with Crippen molar-refractivity contribution < 1.29 is 14.0 Å². The fraction of sp³-hybridized carbons (Fsp3) is 0.562. The lowest BCUT2D eigenvalue weighted by atomic mass is 9.77. The van der Waals surface area contributed by atoms with Crippen molar-refractivity contribution in [2.75, 3.05) is 20.7 Å². The number of nitrogens with zero attached hydrogens (tertiary/aromatic N) is 1. The number of hydrogen-bond acceptors (Lipinski definition) is 5. The van der Waals surface area contributed by atoms with Gasteiger partial charge in [0.05, 0.1) is 18.3 Å². The zero-order valence-electron chi connectivity index (χ0n) is 14.3. The molecule has 0 unspecified atom stereocenters. The molecule has 2 heterocycles. The first-order valence-electron chi connectivity index (χ1n) is 7.50. The Hall–Kier alpha value is -1.37. The van der Waals surface area contributed by atoms with Gasteiger partial charge in [0.1, 0.15) is 0 Å². The molecule has 2 rings (SSSR count). The molecule has 6 heteroatoms. The van der Waals surface area contributed by atoms with Gasteiger partial charge < -0.3 is 19.4 Å². The van der Waals surface area contributed by atoms with Crippen LogP contribution in [0, 0.1) is 0 Å². The van der Waals surface area contributed by atoms with Gasteiger partial charge in [-0.2, -0.15) is 0 Å². The van der Waals surface area contributed by atoms with Crippen molar-refractivity contribution in [3.05, 3.63) is 29.4 Å². The zero-order chi connectivity index (χ0) is 16.4. The summed E-state index contributed by atoms with van der Waals surface area (Å²) < 4.78 is 17.3. The molecule has 0 atom stereocenters. The molecule has 5 nitrogen and oxygen atoms in total. The maximum Gasteiger partial charge on any atom is 0.491 e. The summed E-state index contributed by atoms with van der Waals surface area (Å²) in [5.74, 6) is 0.600. The van der Waals surface area contributed by atoms with E-state index in [-0.39, 0.29) is 18.3 Å². The van der Waals surface area contributed by atoms with Crippen molar-refractivity contribution in [3.63, 3.8) is 0 Å². The molecule has 0 aliphatic carbocycles. The lowest BCUT2D eigenvalue weighted by molar-refractivity contribution is 0.00578. The molecule has 1 aliphatic rings. The van der Waals surface area contributed by atoms with E-state index in [4.69, 9.17) is 14.0 Å². The minimum atomic E-state index is -0.362. The van der Waals surface area contributed by atoms with Gasteiger partial charge in [0.15, 0.2) is 0 Å². The molecule has 0 amide bonds. The number of hydrogen-bond donors (Lipinski definition) is 1. The largest absolute Gasteiger partial charge is 0.491 e. The van der Waals surface area contributed by atoms with Crippen LogP contribution in [0.1, 0.15) is 33.3 Å². The molecule has 1 aromatic rings. The predicted octanol–water partition coefficient (Wildman–Crippen LogP) is 2.32. The molecule has 1 aliphatic heterocycles. The van der Waals surface area contributed by atoms with Gasteiger partial charge in [-0.15, -0.1) is 0 Å². The van der Waals surface area contributed by atoms with E-state index in [1.165, 1.54) is 0 Å². The van der Waals surface area contributed by atoms with Crippen molar-refractivity contribution in [2.45, 2.75) is 38.9 Å². The van der Waals surface area contributed by atoms with E-state index in [0.29, 0.717) is 12.4 Å². The Bertz CT molecular complexity index is 525. The zero-order valence-corrected chi connectivity index (χ0v) is 14.3. The molecule has 0 saturated carbocycles. The minimum absolute atomic E-state index is 0.345. The monoisotopic (exact) mass is 304 g/mol. The Morgan fingerprint density at radius 1 is 1.27 bits per heavy atom. The quantitative estimate of drug-likeness (QED) is 0.846. The summed E-state index contributed by atoms with van der Waals surface area (Å²) >= 11 is 0. The SMILES string of the molecule is CNCC(=Cc1ccc(OC)nc1)B1OC(C)(C)C(C)(C)O1. The van der Waals surface area contributed by atoms with Crippen LogP contribution in [0.5, 0.6) is 5.88 Å². The van der Waals surface area contributed by atoms with Gasteiger partial charge in [-0.05, 0) is 51.8 Å². The summed E-state index contributed by atoms with van der Waals surface area (Å²) in [4.78, 5) is 4.23. The Morgan fingerprint density at radius 2 is 1.91 bits per heavy atom. The van der Waals surface area contributed by atoms with E-state index < -0.39 is 0 Å². The lowest BCUT2D eigenvalue weighted by Gasteiger charge is -2.32. The van der Waals surface area contributed by atoms with Crippen molar-refractivity contribution in [1.82, 2.24) is 10.3 Å². The first-order valence-corrected chi connectivity index (χ1v) is 7.50. The first-order chi connectivity index (χ1) is 10.3. The number of nitrogens with one attached hydrogen (secondary N) is 1. The molecular weight excluding hydrogens is 279 g/mol. The van der Waals surface area contributed by atoms with Crippen molar-refractivity contribution in [2.24, 2.45) is 0 Å². The summed E-state index contributed by atoms with van der Waals surface area (Å²) in [7, 11) is 3.15. The van der Waals surface area contributed by atoms with E-state index in [9.17, 15) is 0 Å². The summed E-state index contributed by atoms with van der Waals surface area (Å²) in [6.45, 7) is 8.90. The highest BCUT2D eigenvalue weighted by Gasteiger charge is 2.52. The normalized spacial score (nSPS) is 20.3. The third kappa shape index (κ3) is 3.51. The fourth-order valence-electron chi connectivity index (χ4n) is 2.21. The average Bonchev–Trinajstić information content (AvgIpc) is 2.68. The molecule has 22 heavy (non-hydrogen) atoms. The van der Waals surface area contributed by atoms with E-state index in [0.717, 1.165) is 11.0 Å². The molecule has 0 bridgehead atoms. The Kier molecular flexibility index (Phi) is 4.95.